The van der Waals surface area contributed by atoms with Crippen LogP contribution in [0.2, 0.25) is 0 Å². The van der Waals surface area contributed by atoms with Crippen molar-refractivity contribution in [2.24, 2.45) is 5.41 Å². The summed E-state index contributed by atoms with van der Waals surface area (Å²) in [4.78, 5) is 24.8. The first-order valence-corrected chi connectivity index (χ1v) is 6.18. The summed E-state index contributed by atoms with van der Waals surface area (Å²) < 4.78 is 5.26. The number of nitrogens with zero attached hydrogens (tertiary/aromatic N) is 1. The predicted octanol–water partition coefficient (Wildman–Crippen LogP) is 0.918. The van der Waals surface area contributed by atoms with E-state index in [0.29, 0.717) is 26.3 Å². The van der Waals surface area contributed by atoms with Gasteiger partial charge in [-0.1, -0.05) is 20.8 Å². The first-order valence-electron chi connectivity index (χ1n) is 6.18. The SMILES string of the molecule is CC(C)(C)[C@@H](NC(=O)N1CCCOCC1)C(=O)O. The summed E-state index contributed by atoms with van der Waals surface area (Å²) in [5.74, 6) is -1.01. The normalized spacial score (nSPS) is 18.9. The van der Waals surface area contributed by atoms with Gasteiger partial charge in [0.15, 0.2) is 0 Å². The number of amides is 2. The van der Waals surface area contributed by atoms with Crippen molar-refractivity contribution in [3.8, 4) is 0 Å². The van der Waals surface area contributed by atoms with Crippen molar-refractivity contribution < 1.29 is 19.4 Å². The molecule has 1 rings (SSSR count). The highest BCUT2D eigenvalue weighted by molar-refractivity contribution is 5.83. The van der Waals surface area contributed by atoms with Crippen molar-refractivity contribution >= 4 is 12.0 Å². The van der Waals surface area contributed by atoms with Gasteiger partial charge < -0.3 is 20.1 Å². The summed E-state index contributed by atoms with van der Waals surface area (Å²) in [6.07, 6.45) is 0.778. The molecular formula is C12H22N2O4. The van der Waals surface area contributed by atoms with E-state index in [1.807, 2.05) is 0 Å². The van der Waals surface area contributed by atoms with Crippen molar-refractivity contribution in [1.29, 1.82) is 0 Å². The lowest BCUT2D eigenvalue weighted by Gasteiger charge is -2.30. The number of hydrogen-bond donors (Lipinski definition) is 2. The Morgan fingerprint density at radius 2 is 1.94 bits per heavy atom. The number of carbonyl (C=O) groups is 2. The second-order valence-electron chi connectivity index (χ2n) is 5.54. The van der Waals surface area contributed by atoms with E-state index in [1.54, 1.807) is 25.7 Å². The average molecular weight is 258 g/mol. The maximum absolute atomic E-state index is 12.0. The Hall–Kier alpha value is -1.30. The van der Waals surface area contributed by atoms with Crippen LogP contribution >= 0.6 is 0 Å². The Labute approximate surface area is 107 Å². The molecule has 104 valence electrons. The monoisotopic (exact) mass is 258 g/mol. The largest absolute Gasteiger partial charge is 0.480 e. The molecule has 2 amide bonds. The summed E-state index contributed by atoms with van der Waals surface area (Å²) in [5, 5.41) is 11.7. The number of rotatable bonds is 2. The molecule has 1 atom stereocenters. The van der Waals surface area contributed by atoms with Crippen molar-refractivity contribution in [2.75, 3.05) is 26.3 Å². The smallest absolute Gasteiger partial charge is 0.326 e. The molecule has 1 heterocycles. The van der Waals surface area contributed by atoms with Gasteiger partial charge in [0.25, 0.3) is 0 Å². The highest BCUT2D eigenvalue weighted by Gasteiger charge is 2.33. The van der Waals surface area contributed by atoms with Crippen LogP contribution < -0.4 is 5.32 Å². The van der Waals surface area contributed by atoms with Gasteiger partial charge in [0, 0.05) is 19.7 Å². The van der Waals surface area contributed by atoms with Crippen LogP contribution in [0.4, 0.5) is 4.79 Å². The third-order valence-corrected chi connectivity index (χ3v) is 2.89. The van der Waals surface area contributed by atoms with E-state index in [2.05, 4.69) is 5.32 Å². The molecule has 1 saturated heterocycles. The number of carbonyl (C=O) groups excluding carboxylic acids is 1. The molecular weight excluding hydrogens is 236 g/mol. The van der Waals surface area contributed by atoms with E-state index >= 15 is 0 Å². The van der Waals surface area contributed by atoms with Gasteiger partial charge in [-0.3, -0.25) is 0 Å². The van der Waals surface area contributed by atoms with Crippen molar-refractivity contribution in [2.45, 2.75) is 33.2 Å². The van der Waals surface area contributed by atoms with E-state index in [0.717, 1.165) is 6.42 Å². The third kappa shape index (κ3) is 4.18. The Kier molecular flexibility index (Phi) is 4.95. The van der Waals surface area contributed by atoms with Crippen molar-refractivity contribution in [3.63, 3.8) is 0 Å². The average Bonchev–Trinajstić information content (AvgIpc) is 2.51. The summed E-state index contributed by atoms with van der Waals surface area (Å²) in [5.41, 5.74) is -0.524. The van der Waals surface area contributed by atoms with Gasteiger partial charge in [0.1, 0.15) is 6.04 Å². The first-order chi connectivity index (χ1) is 8.32. The zero-order valence-electron chi connectivity index (χ0n) is 11.2. The van der Waals surface area contributed by atoms with Crippen LogP contribution in [-0.4, -0.2) is 54.4 Å². The minimum atomic E-state index is -1.01. The molecule has 0 radical (unpaired) electrons. The second-order valence-corrected chi connectivity index (χ2v) is 5.54. The lowest BCUT2D eigenvalue weighted by Crippen LogP contribution is -2.53. The maximum Gasteiger partial charge on any atom is 0.326 e. The molecule has 0 spiro atoms. The Bertz CT molecular complexity index is 304. The molecule has 0 aromatic rings. The Morgan fingerprint density at radius 1 is 1.28 bits per heavy atom. The number of aliphatic carboxylic acids is 1. The molecule has 0 unspecified atom stereocenters. The van der Waals surface area contributed by atoms with Crippen molar-refractivity contribution in [3.05, 3.63) is 0 Å². The van der Waals surface area contributed by atoms with Gasteiger partial charge >= 0.3 is 12.0 Å². The van der Waals surface area contributed by atoms with Crippen LogP contribution in [0.3, 0.4) is 0 Å². The third-order valence-electron chi connectivity index (χ3n) is 2.89. The minimum absolute atomic E-state index is 0.331. The van der Waals surface area contributed by atoms with E-state index < -0.39 is 17.4 Å². The lowest BCUT2D eigenvalue weighted by atomic mass is 9.87. The second kappa shape index (κ2) is 6.04. The number of urea groups is 1. The standard InChI is InChI=1S/C12H22N2O4/c1-12(2,3)9(10(15)16)13-11(17)14-5-4-7-18-8-6-14/h9H,4-8H2,1-3H3,(H,13,17)(H,15,16)/t9-/m0/s1. The fraction of sp³-hybridized carbons (Fsp3) is 0.833. The zero-order chi connectivity index (χ0) is 13.8. The van der Waals surface area contributed by atoms with Crippen molar-refractivity contribution in [1.82, 2.24) is 10.2 Å². The number of carboxylic acid groups (broad SMARTS) is 1. The van der Waals surface area contributed by atoms with E-state index in [9.17, 15) is 9.59 Å². The quantitative estimate of drug-likeness (QED) is 0.772. The number of ether oxygens (including phenoxy) is 1. The van der Waals surface area contributed by atoms with E-state index in [-0.39, 0.29) is 6.03 Å². The van der Waals surface area contributed by atoms with E-state index in [1.165, 1.54) is 0 Å². The molecule has 0 aromatic carbocycles. The summed E-state index contributed by atoms with van der Waals surface area (Å²) in [6, 6.07) is -1.23. The number of hydrogen-bond acceptors (Lipinski definition) is 3. The summed E-state index contributed by atoms with van der Waals surface area (Å²) >= 11 is 0. The Morgan fingerprint density at radius 3 is 2.50 bits per heavy atom. The molecule has 0 aromatic heterocycles. The summed E-state index contributed by atoms with van der Waals surface area (Å²) in [6.45, 7) is 7.61. The van der Waals surface area contributed by atoms with Gasteiger partial charge in [-0.25, -0.2) is 9.59 Å². The van der Waals surface area contributed by atoms with Crippen LogP contribution in [0.5, 0.6) is 0 Å². The van der Waals surface area contributed by atoms with Crippen LogP contribution in [-0.2, 0) is 9.53 Å². The summed E-state index contributed by atoms with van der Waals surface area (Å²) in [7, 11) is 0. The predicted molar refractivity (Wildman–Crippen MR) is 66.4 cm³/mol. The molecule has 2 N–H and O–H groups in total. The van der Waals surface area contributed by atoms with Gasteiger partial charge in [-0.15, -0.1) is 0 Å². The van der Waals surface area contributed by atoms with Crippen LogP contribution in [0.1, 0.15) is 27.2 Å². The minimum Gasteiger partial charge on any atom is -0.480 e. The fourth-order valence-electron chi connectivity index (χ4n) is 1.81. The zero-order valence-corrected chi connectivity index (χ0v) is 11.2. The molecule has 1 fully saturated rings. The number of nitrogens with one attached hydrogen (secondary N) is 1. The Balaban J connectivity index is 2.63. The lowest BCUT2D eigenvalue weighted by molar-refractivity contribution is -0.142. The molecule has 6 heteroatoms. The molecule has 0 bridgehead atoms. The highest BCUT2D eigenvalue weighted by atomic mass is 16.5. The van der Waals surface area contributed by atoms with E-state index in [4.69, 9.17) is 9.84 Å². The van der Waals surface area contributed by atoms with Crippen LogP contribution in [0.25, 0.3) is 0 Å². The molecule has 1 aliphatic rings. The number of carboxylic acids is 1. The van der Waals surface area contributed by atoms with Gasteiger partial charge in [0.05, 0.1) is 6.61 Å². The van der Waals surface area contributed by atoms with Gasteiger partial charge in [0.2, 0.25) is 0 Å². The maximum atomic E-state index is 12.0. The molecule has 0 saturated carbocycles. The van der Waals surface area contributed by atoms with Gasteiger partial charge in [-0.05, 0) is 11.8 Å². The first kappa shape index (κ1) is 14.8. The molecule has 1 aliphatic heterocycles. The van der Waals surface area contributed by atoms with Crippen LogP contribution in [0, 0.1) is 5.41 Å². The molecule has 6 nitrogen and oxygen atoms in total. The van der Waals surface area contributed by atoms with Crippen LogP contribution in [0.15, 0.2) is 0 Å². The fourth-order valence-corrected chi connectivity index (χ4v) is 1.81. The topological polar surface area (TPSA) is 78.9 Å². The molecule has 0 aliphatic carbocycles. The highest BCUT2D eigenvalue weighted by Crippen LogP contribution is 2.19. The molecule has 18 heavy (non-hydrogen) atoms. The van der Waals surface area contributed by atoms with Gasteiger partial charge in [-0.2, -0.15) is 0 Å².